The van der Waals surface area contributed by atoms with Gasteiger partial charge in [-0.15, -0.1) is 0 Å². The third-order valence-electron chi connectivity index (χ3n) is 1.77. The van der Waals surface area contributed by atoms with Crippen LogP contribution in [0.3, 0.4) is 0 Å². The fourth-order valence-electron chi connectivity index (χ4n) is 1.09. The maximum atomic E-state index is 12.3. The molecule has 0 saturated carbocycles. The molecule has 0 amide bonds. The van der Waals surface area contributed by atoms with Crippen molar-refractivity contribution in [3.8, 4) is 0 Å². The van der Waals surface area contributed by atoms with Crippen LogP contribution in [0.5, 0.6) is 0 Å². The minimum absolute atomic E-state index is 0.00333. The molecule has 0 fully saturated rings. The predicted octanol–water partition coefficient (Wildman–Crippen LogP) is 1.25. The number of alkyl halides is 3. The highest BCUT2D eigenvalue weighted by atomic mass is 19.4. The van der Waals surface area contributed by atoms with Crippen molar-refractivity contribution in [3.63, 3.8) is 0 Å². The first-order valence-electron chi connectivity index (χ1n) is 4.38. The molecule has 1 aromatic carbocycles. The van der Waals surface area contributed by atoms with Gasteiger partial charge in [0.2, 0.25) is 0 Å². The van der Waals surface area contributed by atoms with Crippen LogP contribution in [0.15, 0.2) is 24.3 Å². The highest BCUT2D eigenvalue weighted by molar-refractivity contribution is 5.89. The summed E-state index contributed by atoms with van der Waals surface area (Å²) in [5.41, 5.74) is -0.491. The molecule has 82 valence electrons. The standard InChI is InChI=1S/C10H10F3NO/c1-2-15-9(14)7-4-3-5-8(6-7)10(11,12)13/h3-6,14H,2H2,1H3/p+1. The van der Waals surface area contributed by atoms with E-state index in [-0.39, 0.29) is 11.5 Å². The van der Waals surface area contributed by atoms with Crippen molar-refractivity contribution in [2.75, 3.05) is 6.61 Å². The Bertz CT molecular complexity index is 360. The van der Waals surface area contributed by atoms with E-state index in [4.69, 9.17) is 10.1 Å². The van der Waals surface area contributed by atoms with Crippen LogP contribution in [-0.2, 0) is 10.9 Å². The van der Waals surface area contributed by atoms with Crippen LogP contribution in [0.25, 0.3) is 0 Å². The lowest BCUT2D eigenvalue weighted by atomic mass is 10.1. The smallest absolute Gasteiger partial charge is 0.416 e. The lowest BCUT2D eigenvalue weighted by molar-refractivity contribution is -0.139. The van der Waals surface area contributed by atoms with Crippen molar-refractivity contribution in [2.45, 2.75) is 13.1 Å². The third-order valence-corrected chi connectivity index (χ3v) is 1.77. The average molecular weight is 218 g/mol. The van der Waals surface area contributed by atoms with Gasteiger partial charge in [0, 0.05) is 0 Å². The van der Waals surface area contributed by atoms with Crippen LogP contribution in [0.1, 0.15) is 18.1 Å². The van der Waals surface area contributed by atoms with Crippen LogP contribution >= 0.6 is 0 Å². The summed E-state index contributed by atoms with van der Waals surface area (Å²) in [5.74, 6) is 0.00333. The van der Waals surface area contributed by atoms with E-state index in [0.29, 0.717) is 6.61 Å². The van der Waals surface area contributed by atoms with Crippen molar-refractivity contribution in [1.29, 1.82) is 0 Å². The first-order chi connectivity index (χ1) is 6.95. The Kier molecular flexibility index (Phi) is 3.34. The van der Waals surface area contributed by atoms with Gasteiger partial charge in [0.05, 0.1) is 17.7 Å². The molecule has 0 aromatic heterocycles. The van der Waals surface area contributed by atoms with Crippen molar-refractivity contribution in [2.24, 2.45) is 0 Å². The van der Waals surface area contributed by atoms with Crippen molar-refractivity contribution in [1.82, 2.24) is 0 Å². The second kappa shape index (κ2) is 4.33. The Hall–Kier alpha value is -1.52. The fourth-order valence-corrected chi connectivity index (χ4v) is 1.09. The quantitative estimate of drug-likeness (QED) is 0.588. The maximum absolute atomic E-state index is 12.3. The van der Waals surface area contributed by atoms with Crippen LogP contribution in [0.4, 0.5) is 13.2 Å². The lowest BCUT2D eigenvalue weighted by Gasteiger charge is -2.07. The summed E-state index contributed by atoms with van der Waals surface area (Å²) in [6.07, 6.45) is -4.36. The minimum Gasteiger partial charge on any atom is -0.445 e. The minimum atomic E-state index is -4.36. The molecule has 0 aliphatic heterocycles. The summed E-state index contributed by atoms with van der Waals surface area (Å²) in [5, 5.41) is 5.44. The Morgan fingerprint density at radius 3 is 2.60 bits per heavy atom. The molecule has 1 aromatic rings. The highest BCUT2D eigenvalue weighted by Gasteiger charge is 2.31. The second-order valence-corrected chi connectivity index (χ2v) is 2.88. The fraction of sp³-hybridized carbons (Fsp3) is 0.300. The molecule has 2 N–H and O–H groups in total. The van der Waals surface area contributed by atoms with Crippen molar-refractivity contribution >= 4 is 5.90 Å². The summed E-state index contributed by atoms with van der Waals surface area (Å²) < 4.78 is 41.9. The van der Waals surface area contributed by atoms with Gasteiger partial charge in [-0.05, 0) is 25.1 Å². The number of hydrogen-bond donors (Lipinski definition) is 1. The summed E-state index contributed by atoms with van der Waals surface area (Å²) in [6.45, 7) is 2.03. The molecular formula is C10H11F3NO+. The summed E-state index contributed by atoms with van der Waals surface area (Å²) in [7, 11) is 0. The van der Waals surface area contributed by atoms with E-state index in [0.717, 1.165) is 12.1 Å². The Balaban J connectivity index is 2.98. The SMILES string of the molecule is CCOC(=[NH2+])c1cccc(C(F)(F)F)c1. The number of halogens is 3. The van der Waals surface area contributed by atoms with E-state index in [9.17, 15) is 13.2 Å². The maximum Gasteiger partial charge on any atom is 0.416 e. The third kappa shape index (κ3) is 2.97. The van der Waals surface area contributed by atoms with Crippen molar-refractivity contribution in [3.05, 3.63) is 35.4 Å². The van der Waals surface area contributed by atoms with Crippen LogP contribution < -0.4 is 5.41 Å². The van der Waals surface area contributed by atoms with Gasteiger partial charge in [-0.25, -0.2) is 5.41 Å². The van der Waals surface area contributed by atoms with E-state index in [1.54, 1.807) is 6.92 Å². The number of benzene rings is 1. The monoisotopic (exact) mass is 218 g/mol. The van der Waals surface area contributed by atoms with Crippen molar-refractivity contribution < 1.29 is 23.3 Å². The van der Waals surface area contributed by atoms with Gasteiger partial charge in [0.1, 0.15) is 0 Å². The summed E-state index contributed by atoms with van der Waals surface area (Å²) in [4.78, 5) is 0. The van der Waals surface area contributed by atoms with Gasteiger partial charge in [0.15, 0.2) is 0 Å². The molecule has 0 radical (unpaired) electrons. The normalized spacial score (nSPS) is 11.2. The molecule has 0 unspecified atom stereocenters. The zero-order valence-electron chi connectivity index (χ0n) is 8.14. The molecule has 1 rings (SSSR count). The zero-order chi connectivity index (χ0) is 11.5. The van der Waals surface area contributed by atoms with Gasteiger partial charge in [0.25, 0.3) is 0 Å². The molecule has 0 spiro atoms. The zero-order valence-corrected chi connectivity index (χ0v) is 8.14. The van der Waals surface area contributed by atoms with Gasteiger partial charge in [-0.1, -0.05) is 6.07 Å². The Morgan fingerprint density at radius 2 is 2.07 bits per heavy atom. The number of ether oxygens (including phenoxy) is 1. The largest absolute Gasteiger partial charge is 0.445 e. The molecule has 15 heavy (non-hydrogen) atoms. The molecule has 0 atom stereocenters. The number of nitrogens with two attached hydrogens (primary N) is 1. The Morgan fingerprint density at radius 1 is 1.40 bits per heavy atom. The number of rotatable bonds is 2. The van der Waals surface area contributed by atoms with E-state index in [1.807, 2.05) is 0 Å². The molecule has 2 nitrogen and oxygen atoms in total. The molecule has 0 aliphatic rings. The molecule has 0 heterocycles. The lowest BCUT2D eigenvalue weighted by Crippen LogP contribution is -2.42. The topological polar surface area (TPSA) is 34.8 Å². The first-order valence-corrected chi connectivity index (χ1v) is 4.38. The number of hydrogen-bond acceptors (Lipinski definition) is 1. The first kappa shape index (κ1) is 11.6. The second-order valence-electron chi connectivity index (χ2n) is 2.88. The van der Waals surface area contributed by atoms with E-state index in [2.05, 4.69) is 0 Å². The van der Waals surface area contributed by atoms with Crippen LogP contribution in [-0.4, -0.2) is 12.5 Å². The predicted molar refractivity (Wildman–Crippen MR) is 49.1 cm³/mol. The molecular weight excluding hydrogens is 207 g/mol. The van der Waals surface area contributed by atoms with Gasteiger partial charge < -0.3 is 4.74 Å². The Labute approximate surface area is 85.2 Å². The van der Waals surface area contributed by atoms with Gasteiger partial charge in [-0.3, -0.25) is 0 Å². The summed E-state index contributed by atoms with van der Waals surface area (Å²) in [6, 6.07) is 4.72. The summed E-state index contributed by atoms with van der Waals surface area (Å²) >= 11 is 0. The van der Waals surface area contributed by atoms with E-state index < -0.39 is 11.7 Å². The van der Waals surface area contributed by atoms with Crippen LogP contribution in [0.2, 0.25) is 0 Å². The van der Waals surface area contributed by atoms with Crippen LogP contribution in [0, 0.1) is 0 Å². The molecule has 0 bridgehead atoms. The molecule has 0 aliphatic carbocycles. The van der Waals surface area contributed by atoms with Gasteiger partial charge >= 0.3 is 12.1 Å². The van der Waals surface area contributed by atoms with Gasteiger partial charge in [-0.2, -0.15) is 13.2 Å². The average Bonchev–Trinajstić information content (AvgIpc) is 2.17. The highest BCUT2D eigenvalue weighted by Crippen LogP contribution is 2.29. The molecule has 5 heteroatoms. The van der Waals surface area contributed by atoms with E-state index >= 15 is 0 Å². The van der Waals surface area contributed by atoms with E-state index in [1.165, 1.54) is 12.1 Å². The molecule has 0 saturated heterocycles.